The van der Waals surface area contributed by atoms with Crippen LogP contribution >= 0.6 is 15.9 Å². The largest absolute Gasteiger partial charge is 0.497 e. The van der Waals surface area contributed by atoms with Gasteiger partial charge in [-0.05, 0) is 34.1 Å². The summed E-state index contributed by atoms with van der Waals surface area (Å²) in [4.78, 5) is 4.47. The normalized spacial score (nSPS) is 10.9. The quantitative estimate of drug-likeness (QED) is 0.727. The van der Waals surface area contributed by atoms with E-state index >= 15 is 0 Å². The van der Waals surface area contributed by atoms with Crippen molar-refractivity contribution in [3.8, 4) is 17.2 Å². The number of aromatic nitrogens is 2. The van der Waals surface area contributed by atoms with Crippen LogP contribution < -0.4 is 4.74 Å². The third kappa shape index (κ3) is 1.82. The lowest BCUT2D eigenvalue weighted by Crippen LogP contribution is -1.85. The second kappa shape index (κ2) is 3.92. The molecule has 3 heterocycles. The van der Waals surface area contributed by atoms with Gasteiger partial charge < -0.3 is 13.6 Å². The van der Waals surface area contributed by atoms with Crippen molar-refractivity contribution in [3.05, 3.63) is 41.3 Å². The number of hydrogen-bond acceptors (Lipinski definition) is 3. The Bertz CT molecular complexity index is 672. The SMILES string of the molecule is COc1ccn2cc(-c3ccc(Br)o3)nc2c1. The highest BCUT2D eigenvalue weighted by Crippen LogP contribution is 2.25. The molecule has 0 unspecified atom stereocenters. The van der Waals surface area contributed by atoms with Crippen molar-refractivity contribution in [2.75, 3.05) is 7.11 Å². The Morgan fingerprint density at radius 1 is 1.35 bits per heavy atom. The number of rotatable bonds is 2. The zero-order valence-corrected chi connectivity index (χ0v) is 10.6. The molecule has 0 radical (unpaired) electrons. The Morgan fingerprint density at radius 2 is 2.24 bits per heavy atom. The van der Waals surface area contributed by atoms with Crippen LogP contribution in [0, 0.1) is 0 Å². The van der Waals surface area contributed by atoms with Crippen LogP contribution in [0.3, 0.4) is 0 Å². The highest BCUT2D eigenvalue weighted by Gasteiger charge is 2.08. The molecule has 0 aliphatic carbocycles. The molecule has 0 spiro atoms. The van der Waals surface area contributed by atoms with Crippen molar-refractivity contribution in [1.82, 2.24) is 9.38 Å². The molecular formula is C12H9BrN2O2. The van der Waals surface area contributed by atoms with Gasteiger partial charge in [0.05, 0.1) is 7.11 Å². The number of fused-ring (bicyclic) bond motifs is 1. The first kappa shape index (κ1) is 10.4. The summed E-state index contributed by atoms with van der Waals surface area (Å²) in [5, 5.41) is 0. The van der Waals surface area contributed by atoms with Gasteiger partial charge in [0.25, 0.3) is 0 Å². The molecule has 0 aliphatic rings. The van der Waals surface area contributed by atoms with Crippen LogP contribution in [0.2, 0.25) is 0 Å². The summed E-state index contributed by atoms with van der Waals surface area (Å²) in [6.07, 6.45) is 3.82. The molecule has 3 aromatic heterocycles. The third-order valence-electron chi connectivity index (χ3n) is 2.49. The average molecular weight is 293 g/mol. The van der Waals surface area contributed by atoms with E-state index in [9.17, 15) is 0 Å². The molecular weight excluding hydrogens is 284 g/mol. The van der Waals surface area contributed by atoms with Crippen molar-refractivity contribution >= 4 is 21.6 Å². The maximum atomic E-state index is 5.47. The lowest BCUT2D eigenvalue weighted by molar-refractivity contribution is 0.414. The highest BCUT2D eigenvalue weighted by molar-refractivity contribution is 9.10. The lowest BCUT2D eigenvalue weighted by atomic mass is 10.4. The first-order chi connectivity index (χ1) is 8.26. The Kier molecular flexibility index (Phi) is 2.40. The zero-order chi connectivity index (χ0) is 11.8. The second-order valence-electron chi connectivity index (χ2n) is 3.56. The lowest BCUT2D eigenvalue weighted by Gasteiger charge is -1.98. The molecule has 0 saturated heterocycles. The Hall–Kier alpha value is -1.75. The highest BCUT2D eigenvalue weighted by atomic mass is 79.9. The van der Waals surface area contributed by atoms with Crippen LogP contribution in [0.4, 0.5) is 0 Å². The van der Waals surface area contributed by atoms with Gasteiger partial charge in [0.2, 0.25) is 0 Å². The number of hydrogen-bond donors (Lipinski definition) is 0. The molecule has 17 heavy (non-hydrogen) atoms. The van der Waals surface area contributed by atoms with Crippen molar-refractivity contribution in [2.45, 2.75) is 0 Å². The summed E-state index contributed by atoms with van der Waals surface area (Å²) in [6, 6.07) is 7.49. The van der Waals surface area contributed by atoms with E-state index < -0.39 is 0 Å². The van der Waals surface area contributed by atoms with Crippen LogP contribution in [0.25, 0.3) is 17.1 Å². The number of pyridine rings is 1. The third-order valence-corrected chi connectivity index (χ3v) is 2.92. The van der Waals surface area contributed by atoms with E-state index in [4.69, 9.17) is 9.15 Å². The maximum Gasteiger partial charge on any atom is 0.169 e. The van der Waals surface area contributed by atoms with Crippen LogP contribution in [0.1, 0.15) is 0 Å². The number of nitrogens with zero attached hydrogens (tertiary/aromatic N) is 2. The van der Waals surface area contributed by atoms with Gasteiger partial charge in [0.15, 0.2) is 10.4 Å². The molecule has 86 valence electrons. The second-order valence-corrected chi connectivity index (χ2v) is 4.34. The number of halogens is 1. The van der Waals surface area contributed by atoms with Crippen LogP contribution in [-0.2, 0) is 0 Å². The average Bonchev–Trinajstić information content (AvgIpc) is 2.93. The van der Waals surface area contributed by atoms with Gasteiger partial charge in [-0.25, -0.2) is 4.98 Å². The summed E-state index contributed by atoms with van der Waals surface area (Å²) in [6.45, 7) is 0. The summed E-state index contributed by atoms with van der Waals surface area (Å²) < 4.78 is 13.2. The van der Waals surface area contributed by atoms with Gasteiger partial charge in [-0.15, -0.1) is 0 Å². The summed E-state index contributed by atoms with van der Waals surface area (Å²) in [5.74, 6) is 1.52. The minimum atomic E-state index is 0.696. The standard InChI is InChI=1S/C12H9BrN2O2/c1-16-8-4-5-15-7-9(14-12(15)6-8)10-2-3-11(13)17-10/h2-7H,1H3. The first-order valence-electron chi connectivity index (χ1n) is 5.05. The smallest absolute Gasteiger partial charge is 0.169 e. The molecule has 0 fully saturated rings. The number of ether oxygens (including phenoxy) is 1. The fourth-order valence-corrected chi connectivity index (χ4v) is 1.97. The molecule has 0 aliphatic heterocycles. The Labute approximate surface area is 106 Å². The van der Waals surface area contributed by atoms with Gasteiger partial charge in [-0.3, -0.25) is 0 Å². The van der Waals surface area contributed by atoms with Crippen molar-refractivity contribution in [3.63, 3.8) is 0 Å². The van der Waals surface area contributed by atoms with Crippen molar-refractivity contribution in [2.24, 2.45) is 0 Å². The Balaban J connectivity index is 2.13. The molecule has 5 heteroatoms. The van der Waals surface area contributed by atoms with E-state index in [1.54, 1.807) is 7.11 Å². The molecule has 0 saturated carbocycles. The molecule has 0 N–H and O–H groups in total. The molecule has 3 aromatic rings. The molecule has 3 rings (SSSR count). The first-order valence-corrected chi connectivity index (χ1v) is 5.84. The van der Waals surface area contributed by atoms with E-state index in [2.05, 4.69) is 20.9 Å². The predicted octanol–water partition coefficient (Wildman–Crippen LogP) is 3.37. The van der Waals surface area contributed by atoms with E-state index in [1.165, 1.54) is 0 Å². The molecule has 0 bridgehead atoms. The maximum absolute atomic E-state index is 5.47. The van der Waals surface area contributed by atoms with Gasteiger partial charge in [-0.2, -0.15) is 0 Å². The van der Waals surface area contributed by atoms with E-state index in [0.717, 1.165) is 22.9 Å². The summed E-state index contributed by atoms with van der Waals surface area (Å²) in [7, 11) is 1.64. The van der Waals surface area contributed by atoms with Crippen LogP contribution in [-0.4, -0.2) is 16.5 Å². The van der Waals surface area contributed by atoms with Crippen molar-refractivity contribution < 1.29 is 9.15 Å². The molecule has 4 nitrogen and oxygen atoms in total. The Morgan fingerprint density at radius 3 is 2.94 bits per heavy atom. The fourth-order valence-electron chi connectivity index (χ4n) is 1.66. The number of imidazole rings is 1. The minimum Gasteiger partial charge on any atom is -0.497 e. The fraction of sp³-hybridized carbons (Fsp3) is 0.0833. The minimum absolute atomic E-state index is 0.696. The van der Waals surface area contributed by atoms with Gasteiger partial charge in [0.1, 0.15) is 17.1 Å². The summed E-state index contributed by atoms with van der Waals surface area (Å²) >= 11 is 3.27. The molecule has 0 atom stereocenters. The van der Waals surface area contributed by atoms with Gasteiger partial charge in [-0.1, -0.05) is 0 Å². The topological polar surface area (TPSA) is 39.7 Å². The zero-order valence-electron chi connectivity index (χ0n) is 9.05. The van der Waals surface area contributed by atoms with Crippen LogP contribution in [0.15, 0.2) is 45.7 Å². The van der Waals surface area contributed by atoms with Crippen LogP contribution in [0.5, 0.6) is 5.75 Å². The molecule has 0 aromatic carbocycles. The van der Waals surface area contributed by atoms with E-state index in [-0.39, 0.29) is 0 Å². The number of furan rings is 1. The molecule has 0 amide bonds. The number of methoxy groups -OCH3 is 1. The van der Waals surface area contributed by atoms with Crippen molar-refractivity contribution in [1.29, 1.82) is 0 Å². The van der Waals surface area contributed by atoms with E-state index in [1.807, 2.05) is 41.1 Å². The monoisotopic (exact) mass is 292 g/mol. The predicted molar refractivity (Wildman–Crippen MR) is 67.1 cm³/mol. The summed E-state index contributed by atoms with van der Waals surface area (Å²) in [5.41, 5.74) is 1.62. The van der Waals surface area contributed by atoms with Gasteiger partial charge in [0, 0.05) is 18.5 Å². The van der Waals surface area contributed by atoms with E-state index in [0.29, 0.717) is 4.67 Å². The van der Waals surface area contributed by atoms with Gasteiger partial charge >= 0.3 is 0 Å².